The molecule has 0 saturated heterocycles. The minimum Gasteiger partial charge on any atom is -0.463 e. The molecule has 0 aromatic heterocycles. The first-order valence-electron chi connectivity index (χ1n) is 7.68. The van der Waals surface area contributed by atoms with Crippen LogP contribution in [0, 0.1) is 0 Å². The number of aliphatic hydroxyl groups excluding tert-OH is 1. The predicted octanol–water partition coefficient (Wildman–Crippen LogP) is 3.66. The van der Waals surface area contributed by atoms with Crippen molar-refractivity contribution in [3.8, 4) is 0 Å². The zero-order chi connectivity index (χ0) is 16.7. The van der Waals surface area contributed by atoms with E-state index in [1.165, 1.54) is 6.08 Å². The van der Waals surface area contributed by atoms with Gasteiger partial charge in [-0.2, -0.15) is 0 Å². The maximum atomic E-state index is 11.1. The van der Waals surface area contributed by atoms with Gasteiger partial charge in [0.25, 0.3) is 0 Å². The van der Waals surface area contributed by atoms with Crippen molar-refractivity contribution < 1.29 is 19.1 Å². The number of hydrogen-bond donors (Lipinski definition) is 1. The SMILES string of the molecule is CCOC(=O)/C=C/C[C@H](O)C[C@@H](C)O[Si](C)(C)C(C)(C)C. The molecule has 0 aliphatic carbocycles. The molecular formula is C16H32O4Si. The lowest BCUT2D eigenvalue weighted by atomic mass is 10.1. The minimum atomic E-state index is -1.80. The van der Waals surface area contributed by atoms with Crippen LogP contribution in [0.3, 0.4) is 0 Å². The standard InChI is InChI=1S/C16H32O4Si/c1-8-19-15(18)11-9-10-14(17)12-13(2)20-21(6,7)16(3,4)5/h9,11,13-14,17H,8,10,12H2,1-7H3/b11-9+/t13-,14+/m1/s1. The van der Waals surface area contributed by atoms with Gasteiger partial charge in [-0.1, -0.05) is 26.8 Å². The van der Waals surface area contributed by atoms with Crippen LogP contribution in [-0.4, -0.2) is 38.2 Å². The molecule has 1 N–H and O–H groups in total. The van der Waals surface area contributed by atoms with Crippen LogP contribution in [0.4, 0.5) is 0 Å². The summed E-state index contributed by atoms with van der Waals surface area (Å²) in [5.74, 6) is -0.365. The van der Waals surface area contributed by atoms with E-state index in [1.807, 2.05) is 6.92 Å². The van der Waals surface area contributed by atoms with Gasteiger partial charge in [-0.05, 0) is 44.8 Å². The average Bonchev–Trinajstić information content (AvgIpc) is 2.26. The normalized spacial score (nSPS) is 16.0. The number of ether oxygens (including phenoxy) is 1. The summed E-state index contributed by atoms with van der Waals surface area (Å²) in [7, 11) is -1.80. The second kappa shape index (κ2) is 8.71. The maximum absolute atomic E-state index is 11.1. The minimum absolute atomic E-state index is 0.0110. The molecule has 0 saturated carbocycles. The molecule has 0 spiro atoms. The van der Waals surface area contributed by atoms with Crippen LogP contribution < -0.4 is 0 Å². The van der Waals surface area contributed by atoms with Crippen molar-refractivity contribution in [2.24, 2.45) is 0 Å². The zero-order valence-corrected chi connectivity index (χ0v) is 15.6. The van der Waals surface area contributed by atoms with E-state index in [1.54, 1.807) is 13.0 Å². The van der Waals surface area contributed by atoms with E-state index < -0.39 is 14.4 Å². The van der Waals surface area contributed by atoms with Crippen LogP contribution in [0.25, 0.3) is 0 Å². The quantitative estimate of drug-likeness (QED) is 0.422. The van der Waals surface area contributed by atoms with Gasteiger partial charge < -0.3 is 14.3 Å². The van der Waals surface area contributed by atoms with Crippen molar-refractivity contribution in [3.63, 3.8) is 0 Å². The van der Waals surface area contributed by atoms with E-state index in [0.717, 1.165) is 0 Å². The molecule has 2 atom stereocenters. The fourth-order valence-corrected chi connectivity index (χ4v) is 3.17. The molecule has 0 amide bonds. The third-order valence-electron chi connectivity index (χ3n) is 3.85. The fourth-order valence-electron chi connectivity index (χ4n) is 1.72. The lowest BCUT2D eigenvalue weighted by molar-refractivity contribution is -0.137. The van der Waals surface area contributed by atoms with Crippen LogP contribution in [0.1, 0.15) is 47.5 Å². The Morgan fingerprint density at radius 2 is 1.90 bits per heavy atom. The smallest absolute Gasteiger partial charge is 0.330 e. The van der Waals surface area contributed by atoms with Gasteiger partial charge in [0.15, 0.2) is 8.32 Å². The van der Waals surface area contributed by atoms with Crippen LogP contribution in [-0.2, 0) is 14.0 Å². The molecule has 0 aromatic carbocycles. The van der Waals surface area contributed by atoms with Gasteiger partial charge in [0.05, 0.1) is 12.7 Å². The van der Waals surface area contributed by atoms with Crippen molar-refractivity contribution >= 4 is 14.3 Å². The molecule has 0 unspecified atom stereocenters. The molecule has 0 fully saturated rings. The molecule has 0 bridgehead atoms. The summed E-state index contributed by atoms with van der Waals surface area (Å²) >= 11 is 0. The lowest BCUT2D eigenvalue weighted by Crippen LogP contribution is -2.43. The lowest BCUT2D eigenvalue weighted by Gasteiger charge is -2.38. The van der Waals surface area contributed by atoms with E-state index in [9.17, 15) is 9.90 Å². The Kier molecular flexibility index (Phi) is 8.44. The van der Waals surface area contributed by atoms with Gasteiger partial charge in [0.2, 0.25) is 0 Å². The van der Waals surface area contributed by atoms with Crippen molar-refractivity contribution in [1.29, 1.82) is 0 Å². The first-order chi connectivity index (χ1) is 9.49. The van der Waals surface area contributed by atoms with Crippen molar-refractivity contribution in [1.82, 2.24) is 0 Å². The highest BCUT2D eigenvalue weighted by Gasteiger charge is 2.38. The Hall–Kier alpha value is -0.653. The zero-order valence-electron chi connectivity index (χ0n) is 14.6. The first-order valence-corrected chi connectivity index (χ1v) is 10.6. The van der Waals surface area contributed by atoms with Crippen molar-refractivity contribution in [2.75, 3.05) is 6.61 Å². The second-order valence-corrected chi connectivity index (χ2v) is 11.7. The topological polar surface area (TPSA) is 55.8 Å². The largest absolute Gasteiger partial charge is 0.463 e. The monoisotopic (exact) mass is 316 g/mol. The Morgan fingerprint density at radius 1 is 1.33 bits per heavy atom. The summed E-state index contributed by atoms with van der Waals surface area (Å²) in [6.07, 6.45) is 3.53. The predicted molar refractivity (Wildman–Crippen MR) is 88.8 cm³/mol. The maximum Gasteiger partial charge on any atom is 0.330 e. The summed E-state index contributed by atoms with van der Waals surface area (Å²) in [5, 5.41) is 10.2. The van der Waals surface area contributed by atoms with E-state index in [2.05, 4.69) is 33.9 Å². The molecule has 124 valence electrons. The van der Waals surface area contributed by atoms with Gasteiger partial charge in [-0.25, -0.2) is 4.79 Å². The van der Waals surface area contributed by atoms with Gasteiger partial charge in [-0.3, -0.25) is 0 Å². The molecule has 0 aliphatic rings. The third-order valence-corrected chi connectivity index (χ3v) is 8.46. The van der Waals surface area contributed by atoms with Gasteiger partial charge >= 0.3 is 5.97 Å². The van der Waals surface area contributed by atoms with Crippen LogP contribution in [0.15, 0.2) is 12.2 Å². The fraction of sp³-hybridized carbons (Fsp3) is 0.812. The van der Waals surface area contributed by atoms with Crippen molar-refractivity contribution in [3.05, 3.63) is 12.2 Å². The molecule has 0 radical (unpaired) electrons. The second-order valence-electron chi connectivity index (χ2n) is 6.97. The molecule has 5 heteroatoms. The van der Waals surface area contributed by atoms with Gasteiger partial charge in [-0.15, -0.1) is 0 Å². The van der Waals surface area contributed by atoms with Crippen LogP contribution in [0.5, 0.6) is 0 Å². The number of carbonyl (C=O) groups excluding carboxylic acids is 1. The highest BCUT2D eigenvalue weighted by Crippen LogP contribution is 2.37. The number of aliphatic hydroxyl groups is 1. The van der Waals surface area contributed by atoms with Gasteiger partial charge in [0, 0.05) is 12.2 Å². The third kappa shape index (κ3) is 8.39. The Bertz CT molecular complexity index is 345. The Labute approximate surface area is 130 Å². The molecule has 0 rings (SSSR count). The Morgan fingerprint density at radius 3 is 2.38 bits per heavy atom. The number of carbonyl (C=O) groups is 1. The molecule has 0 heterocycles. The molecule has 21 heavy (non-hydrogen) atoms. The van der Waals surface area contributed by atoms with Crippen LogP contribution >= 0.6 is 0 Å². The summed E-state index contributed by atoms with van der Waals surface area (Å²) < 4.78 is 11.0. The molecule has 4 nitrogen and oxygen atoms in total. The summed E-state index contributed by atoms with van der Waals surface area (Å²) in [5.41, 5.74) is 0. The number of rotatable bonds is 8. The van der Waals surface area contributed by atoms with E-state index >= 15 is 0 Å². The first kappa shape index (κ1) is 20.3. The molecular weight excluding hydrogens is 284 g/mol. The van der Waals surface area contributed by atoms with E-state index in [4.69, 9.17) is 9.16 Å². The number of esters is 1. The van der Waals surface area contributed by atoms with E-state index in [-0.39, 0.29) is 17.1 Å². The summed E-state index contributed by atoms with van der Waals surface area (Å²) in [6.45, 7) is 15.1. The summed E-state index contributed by atoms with van der Waals surface area (Å²) in [4.78, 5) is 11.1. The highest BCUT2D eigenvalue weighted by atomic mass is 28.4. The Balaban J connectivity index is 4.22. The number of hydrogen-bond acceptors (Lipinski definition) is 4. The van der Waals surface area contributed by atoms with Crippen LogP contribution in [0.2, 0.25) is 18.1 Å². The van der Waals surface area contributed by atoms with Gasteiger partial charge in [0.1, 0.15) is 0 Å². The highest BCUT2D eigenvalue weighted by molar-refractivity contribution is 6.74. The van der Waals surface area contributed by atoms with E-state index in [0.29, 0.717) is 19.4 Å². The molecule has 0 aliphatic heterocycles. The van der Waals surface area contributed by atoms with Crippen molar-refractivity contribution in [2.45, 2.75) is 77.8 Å². The summed E-state index contributed by atoms with van der Waals surface area (Å²) in [6, 6.07) is 0. The average molecular weight is 317 g/mol. The molecule has 0 aromatic rings.